The maximum atomic E-state index is 10.7. The van der Waals surface area contributed by atoms with Gasteiger partial charge in [0.1, 0.15) is 6.04 Å². The quantitative estimate of drug-likeness (QED) is 0.691. The molecule has 0 spiro atoms. The summed E-state index contributed by atoms with van der Waals surface area (Å²) in [5.74, 6) is -1.07. The molecule has 1 aromatic rings. The number of hydrogen-bond acceptors (Lipinski definition) is 6. The van der Waals surface area contributed by atoms with Crippen molar-refractivity contribution >= 4 is 22.4 Å². The minimum Gasteiger partial charge on any atom is -0.480 e. The fourth-order valence-corrected chi connectivity index (χ4v) is 2.28. The Morgan fingerprint density at radius 3 is 2.88 bits per heavy atom. The number of aliphatic carboxylic acids is 1. The summed E-state index contributed by atoms with van der Waals surface area (Å²) in [6, 6.07) is -0.809. The van der Waals surface area contributed by atoms with E-state index in [9.17, 15) is 4.79 Å². The van der Waals surface area contributed by atoms with E-state index in [0.717, 1.165) is 6.54 Å². The number of nitrogens with two attached hydrogens (primary N) is 1. The van der Waals surface area contributed by atoms with Gasteiger partial charge in [-0.1, -0.05) is 0 Å². The second-order valence-electron chi connectivity index (χ2n) is 4.20. The van der Waals surface area contributed by atoms with Crippen LogP contribution in [0.2, 0.25) is 0 Å². The first-order chi connectivity index (χ1) is 7.90. The van der Waals surface area contributed by atoms with Crippen molar-refractivity contribution in [3.05, 3.63) is 11.1 Å². The van der Waals surface area contributed by atoms with Crippen molar-refractivity contribution in [3.63, 3.8) is 0 Å². The molecular formula is C10H18N4O2S. The lowest BCUT2D eigenvalue weighted by Gasteiger charge is -2.17. The van der Waals surface area contributed by atoms with E-state index in [4.69, 9.17) is 10.8 Å². The summed E-state index contributed by atoms with van der Waals surface area (Å²) in [6.45, 7) is 2.91. The largest absolute Gasteiger partial charge is 0.480 e. The molecule has 0 aliphatic rings. The smallest absolute Gasteiger partial charge is 0.326 e. The number of carboxylic acids is 1. The van der Waals surface area contributed by atoms with Gasteiger partial charge in [0.2, 0.25) is 0 Å². The third-order valence-electron chi connectivity index (χ3n) is 2.12. The number of thiazole rings is 1. The van der Waals surface area contributed by atoms with Crippen LogP contribution in [-0.4, -0.2) is 47.6 Å². The summed E-state index contributed by atoms with van der Waals surface area (Å²) in [7, 11) is 3.98. The van der Waals surface area contributed by atoms with E-state index in [2.05, 4.69) is 15.2 Å². The summed E-state index contributed by atoms with van der Waals surface area (Å²) in [6.07, 6.45) is 0. The highest BCUT2D eigenvalue weighted by Crippen LogP contribution is 2.20. The molecule has 0 aliphatic heterocycles. The third kappa shape index (κ3) is 4.29. The fraction of sp³-hybridized carbons (Fsp3) is 0.600. The molecule has 1 rings (SSSR count). The molecule has 0 aliphatic carbocycles. The predicted molar refractivity (Wildman–Crippen MR) is 68.3 cm³/mol. The Bertz CT molecular complexity index is 380. The van der Waals surface area contributed by atoms with Gasteiger partial charge in [-0.25, -0.2) is 4.98 Å². The summed E-state index contributed by atoms with van der Waals surface area (Å²) in [5.41, 5.74) is 5.86. The Morgan fingerprint density at radius 2 is 2.35 bits per heavy atom. The number of hydrogen-bond donors (Lipinski definition) is 3. The fourth-order valence-electron chi connectivity index (χ4n) is 1.43. The zero-order valence-corrected chi connectivity index (χ0v) is 11.0. The van der Waals surface area contributed by atoms with E-state index >= 15 is 0 Å². The van der Waals surface area contributed by atoms with Crippen molar-refractivity contribution in [2.45, 2.75) is 19.0 Å². The van der Waals surface area contributed by atoms with Crippen molar-refractivity contribution in [3.8, 4) is 0 Å². The van der Waals surface area contributed by atoms with Crippen molar-refractivity contribution in [1.29, 1.82) is 0 Å². The number of aromatic nitrogens is 1. The highest BCUT2D eigenvalue weighted by atomic mass is 32.1. The Balaban J connectivity index is 2.59. The van der Waals surface area contributed by atoms with Crippen molar-refractivity contribution < 1.29 is 9.90 Å². The van der Waals surface area contributed by atoms with Crippen LogP contribution in [0.4, 0.5) is 5.13 Å². The minimum absolute atomic E-state index is 0.241. The number of nitrogens with zero attached hydrogens (tertiary/aromatic N) is 2. The molecule has 0 radical (unpaired) electrons. The molecule has 0 bridgehead atoms. The second kappa shape index (κ2) is 5.95. The number of carbonyl (C=O) groups is 1. The number of likely N-dealkylation sites (N-methyl/N-ethyl adjacent to an activating group) is 1. The van der Waals surface area contributed by atoms with Gasteiger partial charge in [-0.2, -0.15) is 0 Å². The van der Waals surface area contributed by atoms with Crippen molar-refractivity contribution in [2.24, 2.45) is 5.73 Å². The standard InChI is InChI=1S/C10H18N4O2S/c1-6(4-14(2)3)12-10-13-7(5-17-10)8(11)9(15)16/h5-6,8H,4,11H2,1-3H3,(H,12,13)(H,15,16). The molecule has 2 atom stereocenters. The average molecular weight is 258 g/mol. The van der Waals surface area contributed by atoms with E-state index in [0.29, 0.717) is 10.8 Å². The van der Waals surface area contributed by atoms with E-state index in [1.54, 1.807) is 5.38 Å². The van der Waals surface area contributed by atoms with Crippen LogP contribution in [0.3, 0.4) is 0 Å². The molecule has 0 aromatic carbocycles. The minimum atomic E-state index is -1.07. The van der Waals surface area contributed by atoms with Gasteiger partial charge in [0.25, 0.3) is 0 Å². The Kier molecular flexibility index (Phi) is 4.86. The SMILES string of the molecule is CC(CN(C)C)Nc1nc(C(N)C(=O)O)cs1. The van der Waals surface area contributed by atoms with Crippen LogP contribution < -0.4 is 11.1 Å². The van der Waals surface area contributed by atoms with Crippen LogP contribution in [0, 0.1) is 0 Å². The topological polar surface area (TPSA) is 91.5 Å². The average Bonchev–Trinajstić information content (AvgIpc) is 2.63. The molecule has 1 aromatic heterocycles. The predicted octanol–water partition coefficient (Wildman–Crippen LogP) is 0.590. The maximum Gasteiger partial charge on any atom is 0.326 e. The lowest BCUT2D eigenvalue weighted by Crippen LogP contribution is -2.29. The van der Waals surface area contributed by atoms with E-state index in [1.165, 1.54) is 11.3 Å². The van der Waals surface area contributed by atoms with Gasteiger partial charge in [0, 0.05) is 18.0 Å². The molecule has 1 heterocycles. The zero-order valence-electron chi connectivity index (χ0n) is 10.2. The van der Waals surface area contributed by atoms with Gasteiger partial charge < -0.3 is 21.1 Å². The molecule has 0 saturated carbocycles. The van der Waals surface area contributed by atoms with Gasteiger partial charge >= 0.3 is 5.97 Å². The van der Waals surface area contributed by atoms with Gasteiger partial charge in [-0.3, -0.25) is 4.79 Å². The van der Waals surface area contributed by atoms with Gasteiger partial charge in [-0.15, -0.1) is 11.3 Å². The third-order valence-corrected chi connectivity index (χ3v) is 2.91. The number of rotatable bonds is 6. The molecule has 2 unspecified atom stereocenters. The lowest BCUT2D eigenvalue weighted by atomic mass is 10.2. The maximum absolute atomic E-state index is 10.7. The summed E-state index contributed by atoms with van der Waals surface area (Å²) < 4.78 is 0. The van der Waals surface area contributed by atoms with Gasteiger partial charge in [0.15, 0.2) is 5.13 Å². The molecule has 96 valence electrons. The monoisotopic (exact) mass is 258 g/mol. The summed E-state index contributed by atoms with van der Waals surface area (Å²) in [4.78, 5) is 16.9. The Labute approximate surface area is 104 Å². The van der Waals surface area contributed by atoms with Crippen LogP contribution in [-0.2, 0) is 4.79 Å². The van der Waals surface area contributed by atoms with Crippen LogP contribution in [0.1, 0.15) is 18.7 Å². The van der Waals surface area contributed by atoms with E-state index in [1.807, 2.05) is 21.0 Å². The number of carboxylic acid groups (broad SMARTS) is 1. The Hall–Kier alpha value is -1.18. The Morgan fingerprint density at radius 1 is 1.71 bits per heavy atom. The molecular weight excluding hydrogens is 240 g/mol. The molecule has 17 heavy (non-hydrogen) atoms. The molecule has 0 saturated heterocycles. The number of nitrogens with one attached hydrogen (secondary N) is 1. The summed E-state index contributed by atoms with van der Waals surface area (Å²) >= 11 is 1.37. The highest BCUT2D eigenvalue weighted by molar-refractivity contribution is 7.13. The van der Waals surface area contributed by atoms with E-state index in [-0.39, 0.29) is 6.04 Å². The normalized spacial score (nSPS) is 14.6. The molecule has 6 nitrogen and oxygen atoms in total. The van der Waals surface area contributed by atoms with Crippen molar-refractivity contribution in [2.75, 3.05) is 26.0 Å². The second-order valence-corrected chi connectivity index (χ2v) is 5.06. The first-order valence-corrected chi connectivity index (χ1v) is 6.13. The first kappa shape index (κ1) is 13.9. The summed E-state index contributed by atoms with van der Waals surface area (Å²) in [5, 5.41) is 14.3. The van der Waals surface area contributed by atoms with Crippen LogP contribution >= 0.6 is 11.3 Å². The highest BCUT2D eigenvalue weighted by Gasteiger charge is 2.18. The number of anilines is 1. The molecule has 0 fully saturated rings. The van der Waals surface area contributed by atoms with Crippen LogP contribution in [0.5, 0.6) is 0 Å². The van der Waals surface area contributed by atoms with Gasteiger partial charge in [-0.05, 0) is 21.0 Å². The van der Waals surface area contributed by atoms with Crippen LogP contribution in [0.15, 0.2) is 5.38 Å². The first-order valence-electron chi connectivity index (χ1n) is 5.25. The zero-order chi connectivity index (χ0) is 13.0. The van der Waals surface area contributed by atoms with Crippen molar-refractivity contribution in [1.82, 2.24) is 9.88 Å². The molecule has 7 heteroatoms. The van der Waals surface area contributed by atoms with Gasteiger partial charge in [0.05, 0.1) is 5.69 Å². The lowest BCUT2D eigenvalue weighted by molar-refractivity contribution is -0.138. The van der Waals surface area contributed by atoms with Crippen LogP contribution in [0.25, 0.3) is 0 Å². The molecule has 0 amide bonds. The molecule has 4 N–H and O–H groups in total. The van der Waals surface area contributed by atoms with E-state index < -0.39 is 12.0 Å².